The van der Waals surface area contributed by atoms with Gasteiger partial charge in [0.05, 0.1) is 11.1 Å². The molecule has 0 radical (unpaired) electrons. The van der Waals surface area contributed by atoms with Crippen LogP contribution in [0.2, 0.25) is 0 Å². The van der Waals surface area contributed by atoms with Crippen LogP contribution < -0.4 is 10.1 Å². The average Bonchev–Trinajstić information content (AvgIpc) is 2.55. The number of likely N-dealkylation sites (N-methyl/N-ethyl adjacent to an activating group) is 1. The van der Waals surface area contributed by atoms with E-state index in [-0.39, 0.29) is 11.8 Å². The molecule has 1 aromatic rings. The van der Waals surface area contributed by atoms with Gasteiger partial charge in [-0.15, -0.1) is 0 Å². The molecule has 1 N–H and O–H groups in total. The quantitative estimate of drug-likeness (QED) is 0.771. The van der Waals surface area contributed by atoms with Gasteiger partial charge in [-0.05, 0) is 26.2 Å². The lowest BCUT2D eigenvalue weighted by Crippen LogP contribution is -2.21. The van der Waals surface area contributed by atoms with Crippen LogP contribution in [0.4, 0.5) is 0 Å². The highest BCUT2D eigenvalue weighted by atomic mass is 16.5. The molecule has 17 heavy (non-hydrogen) atoms. The Balaban J connectivity index is 2.19. The van der Waals surface area contributed by atoms with E-state index in [0.29, 0.717) is 23.5 Å². The lowest BCUT2D eigenvalue weighted by Gasteiger charge is -2.12. The van der Waals surface area contributed by atoms with Crippen molar-refractivity contribution in [2.75, 3.05) is 27.2 Å². The molecule has 0 saturated carbocycles. The Kier molecular flexibility index (Phi) is 3.10. The molecule has 0 fully saturated rings. The van der Waals surface area contributed by atoms with Gasteiger partial charge in [0.15, 0.2) is 0 Å². The molecule has 1 aliphatic heterocycles. The summed E-state index contributed by atoms with van der Waals surface area (Å²) in [7, 11) is 3.88. The van der Waals surface area contributed by atoms with Gasteiger partial charge in [0.2, 0.25) is 0 Å². The summed E-state index contributed by atoms with van der Waals surface area (Å²) < 4.78 is 5.52. The van der Waals surface area contributed by atoms with Gasteiger partial charge in [-0.2, -0.15) is 0 Å². The van der Waals surface area contributed by atoms with Crippen LogP contribution in [0, 0.1) is 0 Å². The number of hydrogen-bond donors (Lipinski definition) is 1. The van der Waals surface area contributed by atoms with Gasteiger partial charge >= 0.3 is 0 Å². The molecule has 90 valence electrons. The van der Waals surface area contributed by atoms with E-state index >= 15 is 0 Å². The Morgan fingerprint density at radius 1 is 1.24 bits per heavy atom. The Morgan fingerprint density at radius 2 is 2.00 bits per heavy atom. The van der Waals surface area contributed by atoms with Gasteiger partial charge in [0, 0.05) is 6.54 Å². The molecular weight excluding hydrogens is 220 g/mol. The number of ether oxygens (including phenoxy) is 1. The third kappa shape index (κ3) is 2.29. The van der Waals surface area contributed by atoms with Gasteiger partial charge in [-0.1, -0.05) is 6.07 Å². The zero-order valence-electron chi connectivity index (χ0n) is 9.82. The summed E-state index contributed by atoms with van der Waals surface area (Å²) in [6.45, 7) is 1.23. The average molecular weight is 234 g/mol. The topological polar surface area (TPSA) is 58.6 Å². The van der Waals surface area contributed by atoms with Crippen LogP contribution in [0.1, 0.15) is 20.7 Å². The number of nitrogens with one attached hydrogen (secondary N) is 1. The molecule has 0 unspecified atom stereocenters. The second-order valence-corrected chi connectivity index (χ2v) is 4.11. The van der Waals surface area contributed by atoms with E-state index in [1.165, 1.54) is 0 Å². The molecule has 0 bridgehead atoms. The Bertz CT molecular complexity index is 469. The summed E-state index contributed by atoms with van der Waals surface area (Å²) in [6.07, 6.45) is 0. The predicted molar refractivity (Wildman–Crippen MR) is 62.3 cm³/mol. The highest BCUT2D eigenvalue weighted by Gasteiger charge is 2.29. The maximum Gasteiger partial charge on any atom is 0.262 e. The fourth-order valence-corrected chi connectivity index (χ4v) is 1.65. The number of amides is 2. The van der Waals surface area contributed by atoms with Crippen molar-refractivity contribution in [3.63, 3.8) is 0 Å². The first-order valence-electron chi connectivity index (χ1n) is 5.36. The van der Waals surface area contributed by atoms with Gasteiger partial charge in [-0.3, -0.25) is 14.9 Å². The summed E-state index contributed by atoms with van der Waals surface area (Å²) >= 11 is 0. The molecule has 0 atom stereocenters. The molecule has 1 aromatic carbocycles. The van der Waals surface area contributed by atoms with Gasteiger partial charge in [-0.25, -0.2) is 0 Å². The monoisotopic (exact) mass is 234 g/mol. The van der Waals surface area contributed by atoms with Crippen LogP contribution in [0.15, 0.2) is 18.2 Å². The number of carbonyl (C=O) groups is 2. The van der Waals surface area contributed by atoms with Crippen LogP contribution in [0.3, 0.4) is 0 Å². The van der Waals surface area contributed by atoms with Crippen molar-refractivity contribution < 1.29 is 14.3 Å². The molecule has 2 amide bonds. The van der Waals surface area contributed by atoms with E-state index in [0.717, 1.165) is 6.54 Å². The van der Waals surface area contributed by atoms with Gasteiger partial charge in [0.25, 0.3) is 11.8 Å². The third-order valence-corrected chi connectivity index (χ3v) is 2.52. The normalized spacial score (nSPS) is 13.8. The Hall–Kier alpha value is -1.88. The fraction of sp³-hybridized carbons (Fsp3) is 0.333. The number of carbonyl (C=O) groups excluding carboxylic acids is 2. The van der Waals surface area contributed by atoms with Crippen LogP contribution in [-0.4, -0.2) is 44.0 Å². The smallest absolute Gasteiger partial charge is 0.262 e. The lowest BCUT2D eigenvalue weighted by molar-refractivity contribution is 0.0878. The Labute approximate surface area is 99.4 Å². The second kappa shape index (κ2) is 4.55. The van der Waals surface area contributed by atoms with Crippen molar-refractivity contribution in [1.82, 2.24) is 10.2 Å². The van der Waals surface area contributed by atoms with Crippen molar-refractivity contribution in [3.05, 3.63) is 29.3 Å². The Morgan fingerprint density at radius 3 is 2.71 bits per heavy atom. The van der Waals surface area contributed by atoms with E-state index < -0.39 is 0 Å². The highest BCUT2D eigenvalue weighted by molar-refractivity contribution is 6.22. The van der Waals surface area contributed by atoms with Crippen LogP contribution in [-0.2, 0) is 0 Å². The van der Waals surface area contributed by atoms with Crippen LogP contribution in [0.5, 0.6) is 5.75 Å². The maximum absolute atomic E-state index is 11.6. The van der Waals surface area contributed by atoms with Crippen molar-refractivity contribution in [2.24, 2.45) is 0 Å². The van der Waals surface area contributed by atoms with Crippen molar-refractivity contribution in [1.29, 1.82) is 0 Å². The first kappa shape index (κ1) is 11.6. The lowest BCUT2D eigenvalue weighted by atomic mass is 10.1. The molecular formula is C12H14N2O3. The summed E-state index contributed by atoms with van der Waals surface area (Å²) in [5, 5.41) is 2.25. The summed E-state index contributed by atoms with van der Waals surface area (Å²) in [5.74, 6) is -0.277. The minimum Gasteiger partial charge on any atom is -0.491 e. The van der Waals surface area contributed by atoms with Gasteiger partial charge in [0.1, 0.15) is 12.4 Å². The molecule has 5 nitrogen and oxygen atoms in total. The highest BCUT2D eigenvalue weighted by Crippen LogP contribution is 2.26. The van der Waals surface area contributed by atoms with Crippen molar-refractivity contribution in [3.8, 4) is 5.75 Å². The molecule has 0 spiro atoms. The largest absolute Gasteiger partial charge is 0.491 e. The summed E-state index contributed by atoms with van der Waals surface area (Å²) in [4.78, 5) is 25.0. The SMILES string of the molecule is CN(C)CCOc1cccc2c1C(=O)NC2=O. The maximum atomic E-state index is 11.6. The van der Waals surface area contributed by atoms with Crippen LogP contribution >= 0.6 is 0 Å². The number of nitrogens with zero attached hydrogens (tertiary/aromatic N) is 1. The second-order valence-electron chi connectivity index (χ2n) is 4.11. The number of rotatable bonds is 4. The van der Waals surface area contributed by atoms with E-state index in [4.69, 9.17) is 4.74 Å². The van der Waals surface area contributed by atoms with E-state index in [1.807, 2.05) is 19.0 Å². The number of fused-ring (bicyclic) bond motifs is 1. The molecule has 2 rings (SSSR count). The molecule has 1 heterocycles. The molecule has 0 saturated heterocycles. The van der Waals surface area contributed by atoms with Crippen molar-refractivity contribution >= 4 is 11.8 Å². The fourth-order valence-electron chi connectivity index (χ4n) is 1.65. The number of imide groups is 1. The standard InChI is InChI=1S/C12H14N2O3/c1-14(2)6-7-17-9-5-3-4-8-10(9)12(16)13-11(8)15/h3-5H,6-7H2,1-2H3,(H,13,15,16). The molecule has 0 aromatic heterocycles. The summed E-state index contributed by atoms with van der Waals surface area (Å²) in [6, 6.07) is 5.03. The third-order valence-electron chi connectivity index (χ3n) is 2.52. The minimum atomic E-state index is -0.384. The minimum absolute atomic E-state index is 0.344. The van der Waals surface area contributed by atoms with Gasteiger partial charge < -0.3 is 9.64 Å². The van der Waals surface area contributed by atoms with E-state index in [1.54, 1.807) is 18.2 Å². The number of hydrogen-bond acceptors (Lipinski definition) is 4. The zero-order valence-corrected chi connectivity index (χ0v) is 9.82. The van der Waals surface area contributed by atoms with E-state index in [2.05, 4.69) is 5.32 Å². The predicted octanol–water partition coefficient (Wildman–Crippen LogP) is 0.511. The first-order valence-corrected chi connectivity index (χ1v) is 5.36. The van der Waals surface area contributed by atoms with Crippen LogP contribution in [0.25, 0.3) is 0 Å². The molecule has 0 aliphatic carbocycles. The summed E-state index contributed by atoms with van der Waals surface area (Å²) in [5.41, 5.74) is 0.730. The van der Waals surface area contributed by atoms with E-state index in [9.17, 15) is 9.59 Å². The zero-order chi connectivity index (χ0) is 12.4. The first-order chi connectivity index (χ1) is 8.09. The van der Waals surface area contributed by atoms with Crippen molar-refractivity contribution in [2.45, 2.75) is 0 Å². The molecule has 5 heteroatoms. The molecule has 1 aliphatic rings. The number of benzene rings is 1.